The van der Waals surface area contributed by atoms with Crippen LogP contribution in [0.3, 0.4) is 0 Å². The lowest BCUT2D eigenvalue weighted by atomic mass is 10.0. The lowest BCUT2D eigenvalue weighted by molar-refractivity contribution is 0.631. The monoisotopic (exact) mass is 406 g/mol. The van der Waals surface area contributed by atoms with Gasteiger partial charge in [-0.1, -0.05) is 103 Å². The van der Waals surface area contributed by atoms with Gasteiger partial charge in [-0.05, 0) is 46.5 Å². The molecule has 1 aromatic heterocycles. The van der Waals surface area contributed by atoms with Crippen molar-refractivity contribution in [3.05, 3.63) is 119 Å². The number of fused-ring (bicyclic) bond motifs is 1. The summed E-state index contributed by atoms with van der Waals surface area (Å²) in [7, 11) is 0. The molecule has 0 unspecified atom stereocenters. The summed E-state index contributed by atoms with van der Waals surface area (Å²) in [6, 6.07) is 35.1. The highest BCUT2D eigenvalue weighted by atomic mass is 35.5. The summed E-state index contributed by atoms with van der Waals surface area (Å²) in [6.45, 7) is 0. The van der Waals surface area contributed by atoms with E-state index in [4.69, 9.17) is 16.0 Å². The number of hydrogen-bond donors (Lipinski definition) is 0. The van der Waals surface area contributed by atoms with E-state index in [-0.39, 0.29) is 0 Å². The fourth-order valence-corrected chi connectivity index (χ4v) is 3.71. The van der Waals surface area contributed by atoms with Gasteiger partial charge in [0.2, 0.25) is 0 Å². The van der Waals surface area contributed by atoms with E-state index in [0.717, 1.165) is 27.9 Å². The molecule has 144 valence electrons. The Labute approximate surface area is 180 Å². The first-order chi connectivity index (χ1) is 14.7. The number of furan rings is 1. The van der Waals surface area contributed by atoms with Crippen molar-refractivity contribution in [2.75, 3.05) is 0 Å². The first-order valence-corrected chi connectivity index (χ1v) is 10.3. The minimum atomic E-state index is 0.715. The third-order valence-corrected chi connectivity index (χ3v) is 5.39. The molecule has 0 N–H and O–H groups in total. The zero-order valence-corrected chi connectivity index (χ0v) is 17.0. The van der Waals surface area contributed by atoms with Gasteiger partial charge in [0.25, 0.3) is 0 Å². The minimum Gasteiger partial charge on any atom is -0.456 e. The summed E-state index contributed by atoms with van der Waals surface area (Å²) in [4.78, 5) is 0. The molecule has 5 aromatic rings. The maximum absolute atomic E-state index is 6.07. The minimum absolute atomic E-state index is 0.715. The molecule has 0 saturated carbocycles. The maximum Gasteiger partial charge on any atom is 0.135 e. The van der Waals surface area contributed by atoms with Gasteiger partial charge in [-0.15, -0.1) is 0 Å². The summed E-state index contributed by atoms with van der Waals surface area (Å²) in [5, 5.41) is 1.73. The second kappa shape index (κ2) is 8.06. The Hall–Kier alpha value is -3.55. The predicted molar refractivity (Wildman–Crippen MR) is 127 cm³/mol. The van der Waals surface area contributed by atoms with Crippen LogP contribution in [-0.2, 0) is 0 Å². The first-order valence-electron chi connectivity index (χ1n) is 9.88. The molecule has 0 saturated heterocycles. The standard InChI is InChI=1S/C28H19ClO/c29-26-16-17-27-25(18-26)19-28(30-27)24-14-10-21(11-15-24)7-6-20-8-12-23(13-9-20)22-4-2-1-3-5-22/h1-19H/b7-6+. The molecule has 0 amide bonds. The highest BCUT2D eigenvalue weighted by molar-refractivity contribution is 6.31. The molecule has 30 heavy (non-hydrogen) atoms. The van der Waals surface area contributed by atoms with Crippen LogP contribution in [0.15, 0.2) is 108 Å². The maximum atomic E-state index is 6.07. The van der Waals surface area contributed by atoms with Gasteiger partial charge in [0.05, 0.1) is 0 Å². The van der Waals surface area contributed by atoms with Crippen molar-refractivity contribution in [2.24, 2.45) is 0 Å². The van der Waals surface area contributed by atoms with E-state index in [1.54, 1.807) is 0 Å². The van der Waals surface area contributed by atoms with Crippen molar-refractivity contribution in [3.8, 4) is 22.5 Å². The van der Waals surface area contributed by atoms with Gasteiger partial charge in [-0.2, -0.15) is 0 Å². The van der Waals surface area contributed by atoms with Crippen molar-refractivity contribution < 1.29 is 4.42 Å². The predicted octanol–water partition coefficient (Wildman–Crippen LogP) is 8.59. The Morgan fingerprint density at radius 3 is 1.83 bits per heavy atom. The van der Waals surface area contributed by atoms with E-state index in [0.29, 0.717) is 5.02 Å². The van der Waals surface area contributed by atoms with Gasteiger partial charge in [0.15, 0.2) is 0 Å². The topological polar surface area (TPSA) is 13.1 Å². The molecule has 0 atom stereocenters. The molecule has 0 bridgehead atoms. The number of hydrogen-bond acceptors (Lipinski definition) is 1. The quantitative estimate of drug-likeness (QED) is 0.272. The Bertz CT molecular complexity index is 1310. The Morgan fingerprint density at radius 1 is 0.567 bits per heavy atom. The highest BCUT2D eigenvalue weighted by Crippen LogP contribution is 2.30. The summed E-state index contributed by atoms with van der Waals surface area (Å²) in [5.41, 5.74) is 6.67. The summed E-state index contributed by atoms with van der Waals surface area (Å²) >= 11 is 6.07. The van der Waals surface area contributed by atoms with E-state index >= 15 is 0 Å². The second-order valence-electron chi connectivity index (χ2n) is 7.24. The Balaban J connectivity index is 1.32. The fourth-order valence-electron chi connectivity index (χ4n) is 3.52. The van der Waals surface area contributed by atoms with Crippen LogP contribution in [0.5, 0.6) is 0 Å². The molecule has 0 aliphatic heterocycles. The molecule has 2 heteroatoms. The SMILES string of the molecule is Clc1ccc2oc(-c3ccc(/C=C/c4ccc(-c5ccccc5)cc4)cc3)cc2c1. The molecule has 1 nitrogen and oxygen atoms in total. The number of rotatable bonds is 4. The van der Waals surface area contributed by atoms with E-state index in [1.807, 2.05) is 30.3 Å². The van der Waals surface area contributed by atoms with Crippen LogP contribution in [-0.4, -0.2) is 0 Å². The van der Waals surface area contributed by atoms with E-state index in [1.165, 1.54) is 16.7 Å². The van der Waals surface area contributed by atoms with Crippen LogP contribution in [0.25, 0.3) is 45.6 Å². The third kappa shape index (κ3) is 3.94. The fraction of sp³-hybridized carbons (Fsp3) is 0. The largest absolute Gasteiger partial charge is 0.456 e. The van der Waals surface area contributed by atoms with Crippen molar-refractivity contribution in [1.29, 1.82) is 0 Å². The van der Waals surface area contributed by atoms with Gasteiger partial charge in [0, 0.05) is 16.0 Å². The molecular weight excluding hydrogens is 388 g/mol. The molecule has 4 aromatic carbocycles. The molecule has 0 aliphatic carbocycles. The molecule has 1 heterocycles. The molecule has 0 spiro atoms. The molecule has 0 aliphatic rings. The van der Waals surface area contributed by atoms with Crippen LogP contribution in [0.4, 0.5) is 0 Å². The Kier molecular flexibility index (Phi) is 4.96. The number of benzene rings is 4. The zero-order valence-electron chi connectivity index (χ0n) is 16.3. The van der Waals surface area contributed by atoms with E-state index in [9.17, 15) is 0 Å². The van der Waals surface area contributed by atoms with Gasteiger partial charge in [-0.3, -0.25) is 0 Å². The summed E-state index contributed by atoms with van der Waals surface area (Å²) in [6.07, 6.45) is 4.26. The third-order valence-electron chi connectivity index (χ3n) is 5.16. The van der Waals surface area contributed by atoms with Crippen molar-refractivity contribution >= 4 is 34.7 Å². The summed E-state index contributed by atoms with van der Waals surface area (Å²) < 4.78 is 5.95. The van der Waals surface area contributed by atoms with E-state index in [2.05, 4.69) is 84.9 Å². The van der Waals surface area contributed by atoms with Crippen molar-refractivity contribution in [2.45, 2.75) is 0 Å². The Morgan fingerprint density at radius 2 is 1.17 bits per heavy atom. The van der Waals surface area contributed by atoms with Crippen LogP contribution in [0, 0.1) is 0 Å². The normalized spacial score (nSPS) is 11.4. The zero-order chi connectivity index (χ0) is 20.3. The van der Waals surface area contributed by atoms with Crippen molar-refractivity contribution in [3.63, 3.8) is 0 Å². The van der Waals surface area contributed by atoms with Crippen LogP contribution in [0.2, 0.25) is 5.02 Å². The molecule has 0 fully saturated rings. The van der Waals surface area contributed by atoms with Gasteiger partial charge in [-0.25, -0.2) is 0 Å². The average molecular weight is 407 g/mol. The van der Waals surface area contributed by atoms with Crippen LogP contribution < -0.4 is 0 Å². The average Bonchev–Trinajstić information content (AvgIpc) is 3.22. The van der Waals surface area contributed by atoms with Crippen LogP contribution in [0.1, 0.15) is 11.1 Å². The van der Waals surface area contributed by atoms with Gasteiger partial charge < -0.3 is 4.42 Å². The lowest BCUT2D eigenvalue weighted by Crippen LogP contribution is -1.78. The highest BCUT2D eigenvalue weighted by Gasteiger charge is 2.06. The van der Waals surface area contributed by atoms with Gasteiger partial charge in [0.1, 0.15) is 11.3 Å². The lowest BCUT2D eigenvalue weighted by Gasteiger charge is -2.02. The summed E-state index contributed by atoms with van der Waals surface area (Å²) in [5.74, 6) is 0.847. The number of halogens is 1. The molecular formula is C28H19ClO. The van der Waals surface area contributed by atoms with E-state index < -0.39 is 0 Å². The smallest absolute Gasteiger partial charge is 0.135 e. The molecule has 5 rings (SSSR count). The van der Waals surface area contributed by atoms with Gasteiger partial charge >= 0.3 is 0 Å². The van der Waals surface area contributed by atoms with Crippen molar-refractivity contribution in [1.82, 2.24) is 0 Å². The molecule has 0 radical (unpaired) electrons. The van der Waals surface area contributed by atoms with Crippen LogP contribution >= 0.6 is 11.6 Å². The first kappa shape index (κ1) is 18.5. The second-order valence-corrected chi connectivity index (χ2v) is 7.67.